The summed E-state index contributed by atoms with van der Waals surface area (Å²) >= 11 is 6.02. The molecule has 2 aromatic rings. The van der Waals surface area contributed by atoms with E-state index in [2.05, 4.69) is 36.2 Å². The van der Waals surface area contributed by atoms with Gasteiger partial charge in [-0.05, 0) is 29.7 Å². The lowest BCUT2D eigenvalue weighted by Gasteiger charge is -2.07. The average Bonchev–Trinajstić information content (AvgIpc) is 2.80. The van der Waals surface area contributed by atoms with Crippen molar-refractivity contribution in [2.75, 3.05) is 0 Å². The smallest absolute Gasteiger partial charge is 0.123 e. The summed E-state index contributed by atoms with van der Waals surface area (Å²) in [6.07, 6.45) is 7.57. The number of allylic oxidation sites excluding steroid dienone is 1. The molecule has 1 heterocycles. The Kier molecular flexibility index (Phi) is 3.59. The van der Waals surface area contributed by atoms with Crippen LogP contribution in [0.5, 0.6) is 0 Å². The molecule has 0 aliphatic rings. The van der Waals surface area contributed by atoms with E-state index >= 15 is 0 Å². The summed E-state index contributed by atoms with van der Waals surface area (Å²) in [5, 5.41) is 8.35. The normalized spacial score (nSPS) is 11.5. The van der Waals surface area contributed by atoms with Crippen LogP contribution in [0.3, 0.4) is 0 Å². The predicted octanol–water partition coefficient (Wildman–Crippen LogP) is 3.59. The second-order valence-corrected chi connectivity index (χ2v) is 4.61. The second kappa shape index (κ2) is 5.15. The minimum absolute atomic E-state index is 0.503. The van der Waals surface area contributed by atoms with Gasteiger partial charge in [-0.25, -0.2) is 0 Å². The van der Waals surface area contributed by atoms with E-state index in [4.69, 9.17) is 11.6 Å². The molecule has 4 heteroatoms. The highest BCUT2D eigenvalue weighted by Crippen LogP contribution is 2.21. The van der Waals surface area contributed by atoms with Crippen LogP contribution in [0.4, 0.5) is 0 Å². The van der Waals surface area contributed by atoms with Gasteiger partial charge in [-0.2, -0.15) is 0 Å². The van der Waals surface area contributed by atoms with E-state index in [-0.39, 0.29) is 0 Å². The van der Waals surface area contributed by atoms with Gasteiger partial charge in [0.25, 0.3) is 0 Å². The lowest BCUT2D eigenvalue weighted by Crippen LogP contribution is -1.94. The van der Waals surface area contributed by atoms with Crippen LogP contribution in [0.2, 0.25) is 5.02 Å². The maximum absolute atomic E-state index is 6.02. The largest absolute Gasteiger partial charge is 0.288 e. The van der Waals surface area contributed by atoms with Crippen molar-refractivity contribution in [1.82, 2.24) is 14.8 Å². The third-order valence-corrected chi connectivity index (χ3v) is 2.58. The van der Waals surface area contributed by atoms with Gasteiger partial charge < -0.3 is 0 Å². The Morgan fingerprint density at radius 1 is 1.24 bits per heavy atom. The van der Waals surface area contributed by atoms with Crippen LogP contribution in [0.25, 0.3) is 11.8 Å². The van der Waals surface area contributed by atoms with Crippen LogP contribution in [-0.4, -0.2) is 14.8 Å². The van der Waals surface area contributed by atoms with E-state index in [9.17, 15) is 0 Å². The summed E-state index contributed by atoms with van der Waals surface area (Å²) in [5.41, 5.74) is 2.09. The molecule has 0 aliphatic heterocycles. The summed E-state index contributed by atoms with van der Waals surface area (Å²) in [6.45, 7) is 4.28. The van der Waals surface area contributed by atoms with Gasteiger partial charge >= 0.3 is 0 Å². The maximum Gasteiger partial charge on any atom is 0.123 e. The molecule has 0 unspecified atom stereocenters. The Morgan fingerprint density at radius 2 is 1.94 bits per heavy atom. The first kappa shape index (κ1) is 11.9. The molecule has 1 aromatic heterocycles. The van der Waals surface area contributed by atoms with E-state index in [1.807, 2.05) is 22.8 Å². The zero-order valence-electron chi connectivity index (χ0n) is 9.84. The highest BCUT2D eigenvalue weighted by atomic mass is 35.5. The third kappa shape index (κ3) is 2.94. The van der Waals surface area contributed by atoms with Crippen LogP contribution in [-0.2, 0) is 0 Å². The lowest BCUT2D eigenvalue weighted by molar-refractivity contribution is 0.836. The number of aromatic nitrogens is 3. The molecule has 88 valence electrons. The number of halogens is 1. The van der Waals surface area contributed by atoms with Crippen LogP contribution in [0.1, 0.15) is 19.4 Å². The quantitative estimate of drug-likeness (QED) is 0.830. The molecule has 3 nitrogen and oxygen atoms in total. The second-order valence-electron chi connectivity index (χ2n) is 4.18. The molecule has 1 aromatic carbocycles. The Hall–Kier alpha value is -1.61. The number of hydrogen-bond donors (Lipinski definition) is 0. The maximum atomic E-state index is 6.02. The molecule has 0 saturated carbocycles. The van der Waals surface area contributed by atoms with Gasteiger partial charge in [0.2, 0.25) is 0 Å². The summed E-state index contributed by atoms with van der Waals surface area (Å²) in [4.78, 5) is 0. The summed E-state index contributed by atoms with van der Waals surface area (Å²) in [5.74, 6) is 0.503. The molecular weight excluding hydrogens is 234 g/mol. The minimum atomic E-state index is 0.503. The topological polar surface area (TPSA) is 30.7 Å². The molecule has 0 bridgehead atoms. The van der Waals surface area contributed by atoms with E-state index in [1.165, 1.54) is 0 Å². The molecule has 0 amide bonds. The monoisotopic (exact) mass is 247 g/mol. The molecule has 0 N–H and O–H groups in total. The van der Waals surface area contributed by atoms with Gasteiger partial charge in [-0.3, -0.25) is 4.57 Å². The minimum Gasteiger partial charge on any atom is -0.288 e. The number of rotatable bonds is 3. The first-order valence-electron chi connectivity index (χ1n) is 5.49. The van der Waals surface area contributed by atoms with Gasteiger partial charge in [-0.15, -0.1) is 10.2 Å². The molecule has 0 atom stereocenters. The van der Waals surface area contributed by atoms with Crippen molar-refractivity contribution in [3.63, 3.8) is 0 Å². The summed E-state index contributed by atoms with van der Waals surface area (Å²) in [6, 6.07) is 5.77. The molecule has 0 fully saturated rings. The molecule has 0 aliphatic carbocycles. The lowest BCUT2D eigenvalue weighted by atomic mass is 10.1. The Bertz CT molecular complexity index is 515. The summed E-state index contributed by atoms with van der Waals surface area (Å²) < 4.78 is 1.87. The van der Waals surface area contributed by atoms with Gasteiger partial charge in [0, 0.05) is 5.02 Å². The Labute approximate surface area is 106 Å². The van der Waals surface area contributed by atoms with Crippen LogP contribution in [0, 0.1) is 5.92 Å². The van der Waals surface area contributed by atoms with Gasteiger partial charge in [0.1, 0.15) is 12.7 Å². The zero-order valence-corrected chi connectivity index (χ0v) is 10.6. The van der Waals surface area contributed by atoms with Crippen LogP contribution in [0.15, 0.2) is 36.9 Å². The van der Waals surface area contributed by atoms with Gasteiger partial charge in [0.05, 0.1) is 5.69 Å². The van der Waals surface area contributed by atoms with Crippen LogP contribution >= 0.6 is 11.6 Å². The highest BCUT2D eigenvalue weighted by molar-refractivity contribution is 6.30. The predicted molar refractivity (Wildman–Crippen MR) is 70.2 cm³/mol. The molecule has 0 radical (unpaired) electrons. The third-order valence-electron chi connectivity index (χ3n) is 2.35. The molecule has 2 rings (SSSR count). The van der Waals surface area contributed by atoms with E-state index in [0.717, 1.165) is 16.3 Å². The number of benzene rings is 1. The van der Waals surface area contributed by atoms with Crippen molar-refractivity contribution in [2.24, 2.45) is 5.92 Å². The fourth-order valence-electron chi connectivity index (χ4n) is 1.52. The van der Waals surface area contributed by atoms with E-state index in [1.54, 1.807) is 12.7 Å². The van der Waals surface area contributed by atoms with E-state index < -0.39 is 0 Å². The Balaban J connectivity index is 2.45. The van der Waals surface area contributed by atoms with E-state index in [0.29, 0.717) is 5.92 Å². The number of hydrogen-bond acceptors (Lipinski definition) is 2. The first-order chi connectivity index (χ1) is 8.16. The standard InChI is InChI=1S/C13H14ClN3/c1-10(2)3-4-11-7-12(14)5-6-13(11)17-8-15-16-9-17/h3-10H,1-2H3/b4-3+. The average molecular weight is 248 g/mol. The molecule has 0 spiro atoms. The zero-order chi connectivity index (χ0) is 12.3. The fourth-order valence-corrected chi connectivity index (χ4v) is 1.70. The van der Waals surface area contributed by atoms with Crippen molar-refractivity contribution in [1.29, 1.82) is 0 Å². The van der Waals surface area contributed by atoms with Crippen molar-refractivity contribution in [3.8, 4) is 5.69 Å². The van der Waals surface area contributed by atoms with Crippen molar-refractivity contribution >= 4 is 17.7 Å². The van der Waals surface area contributed by atoms with Crippen molar-refractivity contribution in [2.45, 2.75) is 13.8 Å². The van der Waals surface area contributed by atoms with Gasteiger partial charge in [0.15, 0.2) is 0 Å². The van der Waals surface area contributed by atoms with Crippen molar-refractivity contribution < 1.29 is 0 Å². The summed E-state index contributed by atoms with van der Waals surface area (Å²) in [7, 11) is 0. The highest BCUT2D eigenvalue weighted by Gasteiger charge is 2.03. The Morgan fingerprint density at radius 3 is 2.59 bits per heavy atom. The fraction of sp³-hybridized carbons (Fsp3) is 0.231. The molecule has 17 heavy (non-hydrogen) atoms. The van der Waals surface area contributed by atoms with Crippen LogP contribution < -0.4 is 0 Å². The van der Waals surface area contributed by atoms with Crippen molar-refractivity contribution in [3.05, 3.63) is 47.5 Å². The number of nitrogens with zero attached hydrogens (tertiary/aromatic N) is 3. The molecular formula is C13H14ClN3. The molecule has 0 saturated heterocycles. The SMILES string of the molecule is CC(C)/C=C/c1cc(Cl)ccc1-n1cnnc1. The first-order valence-corrected chi connectivity index (χ1v) is 5.87. The van der Waals surface area contributed by atoms with Gasteiger partial charge in [-0.1, -0.05) is 37.6 Å².